The Morgan fingerprint density at radius 1 is 1.24 bits per heavy atom. The molecule has 1 heterocycles. The molecular weight excluding hydrogens is 222 g/mol. The second-order valence-electron chi connectivity index (χ2n) is 4.51. The lowest BCUT2D eigenvalue weighted by atomic mass is 10.1. The summed E-state index contributed by atoms with van der Waals surface area (Å²) < 4.78 is 5.43. The highest BCUT2D eigenvalue weighted by Gasteiger charge is 2.29. The number of ether oxygens (including phenoxy) is 1. The van der Waals surface area contributed by atoms with Gasteiger partial charge in [-0.15, -0.1) is 0 Å². The quantitative estimate of drug-likeness (QED) is 0.734. The predicted molar refractivity (Wildman–Crippen MR) is 62.6 cm³/mol. The van der Waals surface area contributed by atoms with Gasteiger partial charge in [-0.3, -0.25) is 4.79 Å². The molecule has 1 aliphatic rings. The number of carboxylic acids is 1. The van der Waals surface area contributed by atoms with Crippen LogP contribution in [-0.2, 0) is 14.3 Å². The van der Waals surface area contributed by atoms with Gasteiger partial charge < -0.3 is 14.7 Å². The van der Waals surface area contributed by atoms with Crippen LogP contribution in [0.3, 0.4) is 0 Å². The van der Waals surface area contributed by atoms with Crippen LogP contribution in [0.15, 0.2) is 11.1 Å². The fraction of sp³-hybridized carbons (Fsp3) is 0.667. The molecule has 1 fully saturated rings. The van der Waals surface area contributed by atoms with Crippen molar-refractivity contribution in [2.45, 2.75) is 39.8 Å². The van der Waals surface area contributed by atoms with Gasteiger partial charge in [0.1, 0.15) is 0 Å². The van der Waals surface area contributed by atoms with Crippen molar-refractivity contribution in [3.8, 4) is 0 Å². The van der Waals surface area contributed by atoms with Crippen LogP contribution in [-0.4, -0.2) is 47.2 Å². The summed E-state index contributed by atoms with van der Waals surface area (Å²) >= 11 is 0. The Morgan fingerprint density at radius 3 is 2.35 bits per heavy atom. The highest BCUT2D eigenvalue weighted by Crippen LogP contribution is 2.16. The minimum absolute atomic E-state index is 0.00640. The molecule has 5 heteroatoms. The second-order valence-corrected chi connectivity index (χ2v) is 4.51. The third-order valence-corrected chi connectivity index (χ3v) is 3.07. The summed E-state index contributed by atoms with van der Waals surface area (Å²) in [7, 11) is 0. The van der Waals surface area contributed by atoms with Crippen LogP contribution in [0.4, 0.5) is 0 Å². The summed E-state index contributed by atoms with van der Waals surface area (Å²) in [6.45, 7) is 7.79. The van der Waals surface area contributed by atoms with Gasteiger partial charge in [-0.1, -0.05) is 0 Å². The van der Waals surface area contributed by atoms with Crippen molar-refractivity contribution < 1.29 is 19.4 Å². The highest BCUT2D eigenvalue weighted by atomic mass is 16.5. The van der Waals surface area contributed by atoms with Gasteiger partial charge in [0.05, 0.1) is 18.8 Å². The number of morpholine rings is 1. The maximum Gasteiger partial charge on any atom is 0.331 e. The molecule has 1 amide bonds. The Hall–Kier alpha value is -1.36. The van der Waals surface area contributed by atoms with E-state index in [9.17, 15) is 9.59 Å². The van der Waals surface area contributed by atoms with Crippen LogP contribution in [0.1, 0.15) is 27.7 Å². The third kappa shape index (κ3) is 3.06. The fourth-order valence-corrected chi connectivity index (χ4v) is 1.72. The second kappa shape index (κ2) is 5.31. The van der Waals surface area contributed by atoms with Gasteiger partial charge in [-0.05, 0) is 27.7 Å². The van der Waals surface area contributed by atoms with Gasteiger partial charge in [-0.25, -0.2) is 4.79 Å². The number of hydrogen-bond donors (Lipinski definition) is 1. The third-order valence-electron chi connectivity index (χ3n) is 3.07. The summed E-state index contributed by atoms with van der Waals surface area (Å²) in [4.78, 5) is 24.6. The van der Waals surface area contributed by atoms with Gasteiger partial charge in [0.25, 0.3) is 0 Å². The van der Waals surface area contributed by atoms with Crippen molar-refractivity contribution in [1.82, 2.24) is 4.90 Å². The molecule has 1 aliphatic heterocycles. The molecule has 0 saturated carbocycles. The summed E-state index contributed by atoms with van der Waals surface area (Å²) in [6, 6.07) is -0.0183. The number of rotatable bonds is 2. The first-order chi connectivity index (χ1) is 7.84. The van der Waals surface area contributed by atoms with Crippen molar-refractivity contribution in [2.75, 3.05) is 13.2 Å². The zero-order valence-corrected chi connectivity index (χ0v) is 10.7. The van der Waals surface area contributed by atoms with Crippen LogP contribution in [0, 0.1) is 0 Å². The molecule has 0 radical (unpaired) electrons. The number of carbonyl (C=O) groups is 2. The fourth-order valence-electron chi connectivity index (χ4n) is 1.72. The van der Waals surface area contributed by atoms with Gasteiger partial charge in [0.2, 0.25) is 5.91 Å². The van der Waals surface area contributed by atoms with Gasteiger partial charge >= 0.3 is 5.97 Å². The van der Waals surface area contributed by atoms with E-state index in [1.165, 1.54) is 6.92 Å². The molecule has 5 nitrogen and oxygen atoms in total. The SMILES string of the molecule is CC(C(=O)O)=C(C)C(=O)N1CC(C)OCC1C. The van der Waals surface area contributed by atoms with Gasteiger partial charge in [0.15, 0.2) is 0 Å². The van der Waals surface area contributed by atoms with Crippen molar-refractivity contribution in [3.05, 3.63) is 11.1 Å². The Bertz CT molecular complexity index is 362. The molecule has 0 aromatic carbocycles. The molecule has 0 spiro atoms. The number of hydrogen-bond acceptors (Lipinski definition) is 3. The van der Waals surface area contributed by atoms with E-state index in [2.05, 4.69) is 0 Å². The van der Waals surface area contributed by atoms with Gasteiger partial charge in [0, 0.05) is 17.7 Å². The van der Waals surface area contributed by atoms with Crippen LogP contribution < -0.4 is 0 Å². The molecular formula is C12H19NO4. The zero-order chi connectivity index (χ0) is 13.2. The maximum atomic E-state index is 12.1. The summed E-state index contributed by atoms with van der Waals surface area (Å²) in [5.74, 6) is -1.27. The summed E-state index contributed by atoms with van der Waals surface area (Å²) in [5, 5.41) is 8.86. The zero-order valence-electron chi connectivity index (χ0n) is 10.7. The predicted octanol–water partition coefficient (Wildman–Crippen LogP) is 1.04. The molecule has 96 valence electrons. The standard InChI is InChI=1S/C12H19NO4/c1-7-6-17-8(2)5-13(7)11(14)9(3)10(4)12(15)16/h7-8H,5-6H2,1-4H3,(H,15,16). The normalized spacial score (nSPS) is 26.5. The van der Waals surface area contributed by atoms with Crippen molar-refractivity contribution in [3.63, 3.8) is 0 Å². The van der Waals surface area contributed by atoms with E-state index in [1.54, 1.807) is 11.8 Å². The lowest BCUT2D eigenvalue weighted by molar-refractivity contribution is -0.140. The number of nitrogens with zero attached hydrogens (tertiary/aromatic N) is 1. The van der Waals surface area contributed by atoms with Crippen LogP contribution in [0.5, 0.6) is 0 Å². The Morgan fingerprint density at radius 2 is 1.82 bits per heavy atom. The molecule has 2 atom stereocenters. The minimum Gasteiger partial charge on any atom is -0.478 e. The molecule has 1 rings (SSSR count). The Labute approximate surface area is 101 Å². The molecule has 0 aliphatic carbocycles. The number of carbonyl (C=O) groups excluding carboxylic acids is 1. The average molecular weight is 241 g/mol. The van der Waals surface area contributed by atoms with E-state index in [0.29, 0.717) is 18.7 Å². The molecule has 1 N–H and O–H groups in total. The summed E-state index contributed by atoms with van der Waals surface area (Å²) in [5.41, 5.74) is 0.389. The van der Waals surface area contributed by atoms with Crippen molar-refractivity contribution in [1.29, 1.82) is 0 Å². The molecule has 1 saturated heterocycles. The average Bonchev–Trinajstić information content (AvgIpc) is 2.29. The molecule has 0 bridgehead atoms. The molecule has 2 unspecified atom stereocenters. The number of aliphatic carboxylic acids is 1. The van der Waals surface area contributed by atoms with Crippen LogP contribution in [0.2, 0.25) is 0 Å². The van der Waals surface area contributed by atoms with Crippen LogP contribution in [0.25, 0.3) is 0 Å². The largest absolute Gasteiger partial charge is 0.478 e. The van der Waals surface area contributed by atoms with E-state index in [-0.39, 0.29) is 23.6 Å². The van der Waals surface area contributed by atoms with Crippen molar-refractivity contribution in [2.24, 2.45) is 0 Å². The van der Waals surface area contributed by atoms with E-state index >= 15 is 0 Å². The summed E-state index contributed by atoms with van der Waals surface area (Å²) in [6.07, 6.45) is -0.00640. The molecule has 0 aromatic heterocycles. The van der Waals surface area contributed by atoms with E-state index in [4.69, 9.17) is 9.84 Å². The first kappa shape index (κ1) is 13.7. The Kier molecular flexibility index (Phi) is 4.28. The lowest BCUT2D eigenvalue weighted by Crippen LogP contribution is -2.50. The van der Waals surface area contributed by atoms with E-state index in [1.807, 2.05) is 13.8 Å². The Balaban J connectivity index is 2.89. The monoisotopic (exact) mass is 241 g/mol. The smallest absolute Gasteiger partial charge is 0.331 e. The first-order valence-corrected chi connectivity index (χ1v) is 5.68. The van der Waals surface area contributed by atoms with Crippen molar-refractivity contribution >= 4 is 11.9 Å². The maximum absolute atomic E-state index is 12.1. The molecule has 17 heavy (non-hydrogen) atoms. The minimum atomic E-state index is -1.05. The number of amides is 1. The van der Waals surface area contributed by atoms with E-state index < -0.39 is 5.97 Å². The lowest BCUT2D eigenvalue weighted by Gasteiger charge is -2.37. The van der Waals surface area contributed by atoms with E-state index in [0.717, 1.165) is 0 Å². The number of carboxylic acid groups (broad SMARTS) is 1. The first-order valence-electron chi connectivity index (χ1n) is 5.68. The molecule has 0 aromatic rings. The van der Waals surface area contributed by atoms with Crippen LogP contribution >= 0.6 is 0 Å². The van der Waals surface area contributed by atoms with Gasteiger partial charge in [-0.2, -0.15) is 0 Å². The highest BCUT2D eigenvalue weighted by molar-refractivity contribution is 6.01. The topological polar surface area (TPSA) is 66.8 Å².